The summed E-state index contributed by atoms with van der Waals surface area (Å²) in [5.41, 5.74) is 4.95. The number of hydrogen-bond acceptors (Lipinski definition) is 5. The second-order valence-corrected chi connectivity index (χ2v) is 10.0. The highest BCUT2D eigenvalue weighted by atomic mass is 16.5. The monoisotopic (exact) mass is 461 g/mol. The van der Waals surface area contributed by atoms with Gasteiger partial charge in [-0.15, -0.1) is 0 Å². The molecule has 2 aliphatic carbocycles. The Labute approximate surface area is 201 Å². The molecule has 0 radical (unpaired) electrons. The van der Waals surface area contributed by atoms with Crippen molar-refractivity contribution in [3.63, 3.8) is 0 Å². The Morgan fingerprint density at radius 1 is 1.15 bits per heavy atom. The largest absolute Gasteiger partial charge is 0.356 e. The fourth-order valence-electron chi connectivity index (χ4n) is 5.39. The molecule has 0 saturated heterocycles. The van der Waals surface area contributed by atoms with E-state index in [2.05, 4.69) is 15.2 Å². The van der Waals surface area contributed by atoms with Crippen LogP contribution in [0.5, 0.6) is 0 Å². The molecule has 1 aromatic carbocycles. The highest BCUT2D eigenvalue weighted by molar-refractivity contribution is 5.93. The molecule has 2 aromatic heterocycles. The van der Waals surface area contributed by atoms with E-state index in [1.54, 1.807) is 4.90 Å². The van der Waals surface area contributed by atoms with Gasteiger partial charge < -0.3 is 14.7 Å². The molecule has 0 unspecified atom stereocenters. The Morgan fingerprint density at radius 2 is 1.94 bits per heavy atom. The van der Waals surface area contributed by atoms with Crippen LogP contribution in [0.2, 0.25) is 0 Å². The molecule has 1 fully saturated rings. The van der Waals surface area contributed by atoms with Gasteiger partial charge in [-0.05, 0) is 38.0 Å². The molecule has 0 bridgehead atoms. The number of fused-ring (bicyclic) bond motifs is 1. The fourth-order valence-corrected chi connectivity index (χ4v) is 5.39. The van der Waals surface area contributed by atoms with Gasteiger partial charge in [-0.2, -0.15) is 5.10 Å². The zero-order valence-corrected chi connectivity index (χ0v) is 20.3. The summed E-state index contributed by atoms with van der Waals surface area (Å²) in [6.45, 7) is 1.59. The average molecular weight is 462 g/mol. The quantitative estimate of drug-likeness (QED) is 0.562. The third kappa shape index (κ3) is 4.94. The first-order valence-corrected chi connectivity index (χ1v) is 12.6. The van der Waals surface area contributed by atoms with Crippen LogP contribution in [-0.2, 0) is 25.9 Å². The summed E-state index contributed by atoms with van der Waals surface area (Å²) in [7, 11) is 3.62. The van der Waals surface area contributed by atoms with Crippen LogP contribution in [0, 0.1) is 5.92 Å². The maximum atomic E-state index is 13.0. The second kappa shape index (κ2) is 10.1. The summed E-state index contributed by atoms with van der Waals surface area (Å²) in [5.74, 6) is 1.47. The number of rotatable bonds is 7. The number of benzene rings is 1. The second-order valence-electron chi connectivity index (χ2n) is 10.0. The molecule has 1 atom stereocenters. The van der Waals surface area contributed by atoms with Crippen molar-refractivity contribution in [1.82, 2.24) is 25.2 Å². The Balaban J connectivity index is 1.28. The summed E-state index contributed by atoms with van der Waals surface area (Å²) in [4.78, 5) is 14.6. The molecule has 2 aliphatic rings. The van der Waals surface area contributed by atoms with Crippen molar-refractivity contribution in [3.8, 4) is 11.3 Å². The van der Waals surface area contributed by atoms with Gasteiger partial charge in [0.05, 0.1) is 5.69 Å². The van der Waals surface area contributed by atoms with Crippen LogP contribution >= 0.6 is 0 Å². The molecule has 7 heteroatoms. The van der Waals surface area contributed by atoms with E-state index in [4.69, 9.17) is 9.62 Å². The van der Waals surface area contributed by atoms with Crippen molar-refractivity contribution in [2.75, 3.05) is 14.1 Å². The molecule has 180 valence electrons. The molecule has 2 heterocycles. The summed E-state index contributed by atoms with van der Waals surface area (Å²) in [6, 6.07) is 12.3. The molecule has 0 aliphatic heterocycles. The Morgan fingerprint density at radius 3 is 2.71 bits per heavy atom. The minimum atomic E-state index is 0.00305. The molecule has 3 aromatic rings. The zero-order chi connectivity index (χ0) is 23.5. The SMILES string of the molecule is CN(C)C(=O)c1nn(CC2CCCCC2)c2c1C[C@H](NCc1cc(-c3ccccc3)on1)CC2. The van der Waals surface area contributed by atoms with E-state index in [1.807, 2.05) is 50.5 Å². The van der Waals surface area contributed by atoms with Crippen molar-refractivity contribution >= 4 is 5.91 Å². The lowest BCUT2D eigenvalue weighted by atomic mass is 9.88. The Bertz CT molecular complexity index is 1110. The Kier molecular flexibility index (Phi) is 6.81. The van der Waals surface area contributed by atoms with Gasteiger partial charge in [-0.1, -0.05) is 54.8 Å². The van der Waals surface area contributed by atoms with Crippen LogP contribution in [0.15, 0.2) is 40.9 Å². The number of hydrogen-bond donors (Lipinski definition) is 1. The number of nitrogens with zero attached hydrogens (tertiary/aromatic N) is 4. The number of carbonyl (C=O) groups excluding carboxylic acids is 1. The van der Waals surface area contributed by atoms with Gasteiger partial charge in [0.1, 0.15) is 0 Å². The standard InChI is InChI=1S/C27H35N5O2/c1-31(2)27(33)26-23-15-21(13-14-24(23)32(29-26)18-19-9-5-3-6-10-19)28-17-22-16-25(34-30-22)20-11-7-4-8-12-20/h4,7-8,11-12,16,19,21,28H,3,5-6,9-10,13-15,17-18H2,1-2H3/t21-/m1/s1. The van der Waals surface area contributed by atoms with Crippen LogP contribution in [0.25, 0.3) is 11.3 Å². The van der Waals surface area contributed by atoms with E-state index < -0.39 is 0 Å². The van der Waals surface area contributed by atoms with Crippen molar-refractivity contribution in [2.24, 2.45) is 5.92 Å². The van der Waals surface area contributed by atoms with Gasteiger partial charge in [-0.3, -0.25) is 9.48 Å². The minimum absolute atomic E-state index is 0.00305. The summed E-state index contributed by atoms with van der Waals surface area (Å²) < 4.78 is 7.71. The third-order valence-electron chi connectivity index (χ3n) is 7.30. The average Bonchev–Trinajstić information content (AvgIpc) is 3.48. The number of aromatic nitrogens is 3. The highest BCUT2D eigenvalue weighted by Gasteiger charge is 2.30. The molecular formula is C27H35N5O2. The molecule has 34 heavy (non-hydrogen) atoms. The molecule has 1 N–H and O–H groups in total. The lowest BCUT2D eigenvalue weighted by molar-refractivity contribution is 0.0819. The van der Waals surface area contributed by atoms with Crippen LogP contribution in [0.1, 0.15) is 66.0 Å². The first-order valence-electron chi connectivity index (χ1n) is 12.6. The summed E-state index contributed by atoms with van der Waals surface area (Å²) in [6.07, 6.45) is 9.33. The minimum Gasteiger partial charge on any atom is -0.356 e. The highest BCUT2D eigenvalue weighted by Crippen LogP contribution is 2.30. The maximum Gasteiger partial charge on any atom is 0.274 e. The van der Waals surface area contributed by atoms with Gasteiger partial charge in [0.25, 0.3) is 5.91 Å². The van der Waals surface area contributed by atoms with E-state index in [1.165, 1.54) is 37.8 Å². The van der Waals surface area contributed by atoms with Crippen molar-refractivity contribution < 1.29 is 9.32 Å². The third-order valence-corrected chi connectivity index (χ3v) is 7.30. The van der Waals surface area contributed by atoms with Gasteiger partial charge in [-0.25, -0.2) is 0 Å². The number of amides is 1. The molecule has 5 rings (SSSR count). The molecular weight excluding hydrogens is 426 g/mol. The van der Waals surface area contributed by atoms with Crippen LogP contribution in [0.3, 0.4) is 0 Å². The molecule has 0 spiro atoms. The normalized spacial score (nSPS) is 18.6. The number of carbonyl (C=O) groups is 1. The predicted octanol–water partition coefficient (Wildman–Crippen LogP) is 4.47. The summed E-state index contributed by atoms with van der Waals surface area (Å²) >= 11 is 0. The smallest absolute Gasteiger partial charge is 0.274 e. The Hall–Kier alpha value is -2.93. The number of nitrogens with one attached hydrogen (secondary N) is 1. The van der Waals surface area contributed by atoms with Crippen LogP contribution < -0.4 is 5.32 Å². The van der Waals surface area contributed by atoms with Gasteiger partial charge >= 0.3 is 0 Å². The van der Waals surface area contributed by atoms with E-state index in [0.29, 0.717) is 18.2 Å². The van der Waals surface area contributed by atoms with Gasteiger partial charge in [0.2, 0.25) is 0 Å². The molecule has 7 nitrogen and oxygen atoms in total. The van der Waals surface area contributed by atoms with E-state index >= 15 is 0 Å². The van der Waals surface area contributed by atoms with Crippen LogP contribution in [0.4, 0.5) is 0 Å². The topological polar surface area (TPSA) is 76.2 Å². The molecule has 1 amide bonds. The first kappa shape index (κ1) is 22.8. The van der Waals surface area contributed by atoms with Crippen LogP contribution in [-0.4, -0.2) is 45.9 Å². The van der Waals surface area contributed by atoms with E-state index in [9.17, 15) is 4.79 Å². The zero-order valence-electron chi connectivity index (χ0n) is 20.3. The predicted molar refractivity (Wildman–Crippen MR) is 131 cm³/mol. The van der Waals surface area contributed by atoms with Gasteiger partial charge in [0, 0.05) is 56.1 Å². The van der Waals surface area contributed by atoms with E-state index in [0.717, 1.165) is 48.4 Å². The fraction of sp³-hybridized carbons (Fsp3) is 0.519. The van der Waals surface area contributed by atoms with Crippen molar-refractivity contribution in [1.29, 1.82) is 0 Å². The van der Waals surface area contributed by atoms with E-state index in [-0.39, 0.29) is 11.9 Å². The lowest BCUT2D eigenvalue weighted by Gasteiger charge is -2.26. The van der Waals surface area contributed by atoms with Gasteiger partial charge in [0.15, 0.2) is 11.5 Å². The summed E-state index contributed by atoms with van der Waals surface area (Å²) in [5, 5.41) is 12.8. The van der Waals surface area contributed by atoms with Crippen molar-refractivity contribution in [2.45, 2.75) is 70.5 Å². The maximum absolute atomic E-state index is 13.0. The lowest BCUT2D eigenvalue weighted by Crippen LogP contribution is -2.35. The van der Waals surface area contributed by atoms with Crippen molar-refractivity contribution in [3.05, 3.63) is 59.0 Å². The molecule has 1 saturated carbocycles. The first-order chi connectivity index (χ1) is 16.6.